The third kappa shape index (κ3) is 2.12. The Morgan fingerprint density at radius 2 is 1.88 bits per heavy atom. The Hall–Kier alpha value is -2.12. The zero-order valence-corrected chi connectivity index (χ0v) is 13.9. The summed E-state index contributed by atoms with van der Waals surface area (Å²) in [5.74, 6) is 0.745. The van der Waals surface area contributed by atoms with E-state index in [1.165, 1.54) is 4.31 Å². The molecule has 2 saturated heterocycles. The highest BCUT2D eigenvalue weighted by Crippen LogP contribution is 2.43. The van der Waals surface area contributed by atoms with Crippen molar-refractivity contribution in [2.45, 2.75) is 17.3 Å². The van der Waals surface area contributed by atoms with Crippen LogP contribution in [0.15, 0.2) is 54.7 Å². The molecule has 0 unspecified atom stereocenters. The van der Waals surface area contributed by atoms with Gasteiger partial charge in [0.15, 0.2) is 0 Å². The van der Waals surface area contributed by atoms with Gasteiger partial charge < -0.3 is 10.0 Å². The van der Waals surface area contributed by atoms with Gasteiger partial charge in [0.05, 0.1) is 18.3 Å². The SMILES string of the molecule is O=S1(=O)N(c2ccccc2)C[C@H](O)[C@]12CCN(c1ccccn1)C2. The van der Waals surface area contributed by atoms with Crippen molar-refractivity contribution >= 4 is 21.5 Å². The van der Waals surface area contributed by atoms with E-state index >= 15 is 0 Å². The Balaban J connectivity index is 1.69. The maximum absolute atomic E-state index is 13.2. The molecule has 3 heterocycles. The van der Waals surface area contributed by atoms with E-state index in [4.69, 9.17) is 0 Å². The summed E-state index contributed by atoms with van der Waals surface area (Å²) in [6.07, 6.45) is 1.17. The third-order valence-corrected chi connectivity index (χ3v) is 7.60. The summed E-state index contributed by atoms with van der Waals surface area (Å²) >= 11 is 0. The molecule has 2 atom stereocenters. The standard InChI is InChI=1S/C17H19N3O3S/c21-15-12-20(14-6-2-1-3-7-14)24(22,23)17(15)9-11-19(13-17)16-8-4-5-10-18-16/h1-8,10,15,21H,9,11-13H2/t15-,17+/m0/s1. The number of anilines is 2. The fourth-order valence-electron chi connectivity index (χ4n) is 3.68. The minimum atomic E-state index is -3.66. The molecule has 1 N–H and O–H groups in total. The predicted octanol–water partition coefficient (Wildman–Crippen LogP) is 1.24. The van der Waals surface area contributed by atoms with Gasteiger partial charge in [-0.1, -0.05) is 24.3 Å². The first kappa shape index (κ1) is 15.4. The number of aliphatic hydroxyl groups excluding tert-OH is 1. The van der Waals surface area contributed by atoms with Gasteiger partial charge >= 0.3 is 0 Å². The highest BCUT2D eigenvalue weighted by Gasteiger charge is 2.62. The lowest BCUT2D eigenvalue weighted by Crippen LogP contribution is -2.48. The molecule has 1 aromatic heterocycles. The fraction of sp³-hybridized carbons (Fsp3) is 0.353. The number of pyridine rings is 1. The molecule has 126 valence electrons. The Labute approximate surface area is 141 Å². The highest BCUT2D eigenvalue weighted by atomic mass is 32.2. The van der Waals surface area contributed by atoms with E-state index in [0.717, 1.165) is 5.82 Å². The number of benzene rings is 1. The summed E-state index contributed by atoms with van der Waals surface area (Å²) < 4.78 is 26.6. The molecule has 2 aliphatic rings. The van der Waals surface area contributed by atoms with Crippen LogP contribution in [-0.4, -0.2) is 49.0 Å². The van der Waals surface area contributed by atoms with Gasteiger partial charge in [-0.2, -0.15) is 0 Å². The van der Waals surface area contributed by atoms with Crippen LogP contribution in [0.5, 0.6) is 0 Å². The number of β-amino-alcohol motifs (C(OH)–C–C–N with tert-alkyl or cyclic N) is 1. The van der Waals surface area contributed by atoms with E-state index in [0.29, 0.717) is 18.7 Å². The van der Waals surface area contributed by atoms with Gasteiger partial charge in [0.1, 0.15) is 10.6 Å². The number of sulfonamides is 1. The van der Waals surface area contributed by atoms with Crippen LogP contribution < -0.4 is 9.21 Å². The normalized spacial score (nSPS) is 28.6. The number of hydrogen-bond acceptors (Lipinski definition) is 5. The Morgan fingerprint density at radius 3 is 2.58 bits per heavy atom. The topological polar surface area (TPSA) is 73.7 Å². The Kier molecular flexibility index (Phi) is 3.51. The van der Waals surface area contributed by atoms with E-state index in [1.807, 2.05) is 29.2 Å². The molecule has 1 spiro atoms. The molecule has 1 aromatic carbocycles. The zero-order valence-electron chi connectivity index (χ0n) is 13.1. The van der Waals surface area contributed by atoms with Crippen LogP contribution in [0.1, 0.15) is 6.42 Å². The van der Waals surface area contributed by atoms with Crippen molar-refractivity contribution in [1.29, 1.82) is 0 Å². The fourth-order valence-corrected chi connectivity index (χ4v) is 5.94. The minimum absolute atomic E-state index is 0.0996. The van der Waals surface area contributed by atoms with Crippen molar-refractivity contribution in [3.8, 4) is 0 Å². The van der Waals surface area contributed by atoms with Gasteiger partial charge in [0.2, 0.25) is 10.0 Å². The largest absolute Gasteiger partial charge is 0.389 e. The van der Waals surface area contributed by atoms with Gasteiger partial charge in [-0.05, 0) is 30.7 Å². The molecular weight excluding hydrogens is 326 g/mol. The molecule has 2 aliphatic heterocycles. The van der Waals surface area contributed by atoms with Crippen LogP contribution in [0, 0.1) is 0 Å². The monoisotopic (exact) mass is 345 g/mol. The summed E-state index contributed by atoms with van der Waals surface area (Å²) in [6, 6.07) is 14.5. The molecular formula is C17H19N3O3S. The van der Waals surface area contributed by atoms with E-state index in [-0.39, 0.29) is 13.1 Å². The smallest absolute Gasteiger partial charge is 0.245 e. The lowest BCUT2D eigenvalue weighted by molar-refractivity contribution is 0.151. The van der Waals surface area contributed by atoms with Crippen molar-refractivity contribution in [1.82, 2.24) is 4.98 Å². The van der Waals surface area contributed by atoms with Crippen molar-refractivity contribution in [2.24, 2.45) is 0 Å². The number of rotatable bonds is 2. The number of aliphatic hydroxyl groups is 1. The molecule has 0 aliphatic carbocycles. The number of nitrogens with zero attached hydrogens (tertiary/aromatic N) is 3. The van der Waals surface area contributed by atoms with Gasteiger partial charge in [-0.25, -0.2) is 13.4 Å². The number of para-hydroxylation sites is 1. The van der Waals surface area contributed by atoms with Gasteiger partial charge in [-0.3, -0.25) is 4.31 Å². The quantitative estimate of drug-likeness (QED) is 0.886. The molecule has 0 bridgehead atoms. The summed E-state index contributed by atoms with van der Waals surface area (Å²) in [6.45, 7) is 0.926. The third-order valence-electron chi connectivity index (χ3n) is 5.03. The maximum Gasteiger partial charge on any atom is 0.245 e. The second-order valence-corrected chi connectivity index (χ2v) is 8.52. The van der Waals surface area contributed by atoms with Gasteiger partial charge in [0, 0.05) is 19.3 Å². The predicted molar refractivity (Wildman–Crippen MR) is 92.5 cm³/mol. The van der Waals surface area contributed by atoms with Crippen LogP contribution >= 0.6 is 0 Å². The summed E-state index contributed by atoms with van der Waals surface area (Å²) in [7, 11) is -3.66. The molecule has 4 rings (SSSR count). The van der Waals surface area contributed by atoms with Crippen LogP contribution in [0.25, 0.3) is 0 Å². The minimum Gasteiger partial charge on any atom is -0.389 e. The first-order chi connectivity index (χ1) is 11.5. The lowest BCUT2D eigenvalue weighted by Gasteiger charge is -2.27. The van der Waals surface area contributed by atoms with Crippen molar-refractivity contribution < 1.29 is 13.5 Å². The van der Waals surface area contributed by atoms with Crippen molar-refractivity contribution in [3.05, 3.63) is 54.7 Å². The average molecular weight is 345 g/mol. The summed E-state index contributed by atoms with van der Waals surface area (Å²) in [5.41, 5.74) is 0.602. The molecule has 0 saturated carbocycles. The Bertz CT molecular complexity index is 829. The van der Waals surface area contributed by atoms with Crippen LogP contribution in [-0.2, 0) is 10.0 Å². The average Bonchev–Trinajstić information content (AvgIpc) is 3.14. The zero-order chi connectivity index (χ0) is 16.8. The summed E-state index contributed by atoms with van der Waals surface area (Å²) in [4.78, 5) is 6.24. The second kappa shape index (κ2) is 5.46. The molecule has 6 nitrogen and oxygen atoms in total. The van der Waals surface area contributed by atoms with Crippen LogP contribution in [0.4, 0.5) is 11.5 Å². The highest BCUT2D eigenvalue weighted by molar-refractivity contribution is 7.94. The van der Waals surface area contributed by atoms with E-state index in [9.17, 15) is 13.5 Å². The van der Waals surface area contributed by atoms with E-state index in [2.05, 4.69) is 4.98 Å². The second-order valence-electron chi connectivity index (χ2n) is 6.31. The van der Waals surface area contributed by atoms with Gasteiger partial charge in [0.25, 0.3) is 0 Å². The van der Waals surface area contributed by atoms with Crippen molar-refractivity contribution in [2.75, 3.05) is 28.8 Å². The molecule has 2 aromatic rings. The van der Waals surface area contributed by atoms with Crippen LogP contribution in [0.3, 0.4) is 0 Å². The first-order valence-corrected chi connectivity index (χ1v) is 9.40. The molecule has 24 heavy (non-hydrogen) atoms. The van der Waals surface area contributed by atoms with E-state index < -0.39 is 20.9 Å². The van der Waals surface area contributed by atoms with Crippen molar-refractivity contribution in [3.63, 3.8) is 0 Å². The Morgan fingerprint density at radius 1 is 1.12 bits per heavy atom. The van der Waals surface area contributed by atoms with Crippen LogP contribution in [0.2, 0.25) is 0 Å². The van der Waals surface area contributed by atoms with E-state index in [1.54, 1.807) is 30.5 Å². The summed E-state index contributed by atoms with van der Waals surface area (Å²) in [5, 5.41) is 10.6. The molecule has 7 heteroatoms. The maximum atomic E-state index is 13.2. The number of aromatic nitrogens is 1. The molecule has 2 fully saturated rings. The number of hydrogen-bond donors (Lipinski definition) is 1. The lowest BCUT2D eigenvalue weighted by atomic mass is 10.0. The molecule has 0 radical (unpaired) electrons. The molecule has 0 amide bonds. The van der Waals surface area contributed by atoms with Gasteiger partial charge in [-0.15, -0.1) is 0 Å². The first-order valence-electron chi connectivity index (χ1n) is 7.96.